The number of anilines is 2. The summed E-state index contributed by atoms with van der Waals surface area (Å²) >= 11 is 0. The van der Waals surface area contributed by atoms with Crippen molar-refractivity contribution >= 4 is 29.0 Å². The molecule has 3 aliphatic heterocycles. The Balaban J connectivity index is 1.10. The molecule has 10 heteroatoms. The number of hydrogen-bond donors (Lipinski definition) is 3. The monoisotopic (exact) mass is 503 g/mol. The standard InChI is InChI=1S/C27H33N7O3/c28-23-4-3-17(10-24(23)32-29)26(35)33-12-19-14-34(15-20(19)13-33)27(36)18-9-22(16-1-2-16)25(30-11-18)31-21-5-7-37-8-6-21/h3-4,9-11,16,19-21,29H,1-2,5-8,12-15,28H2,(H,30,31)/t19-,20?/m0/s1. The van der Waals surface area contributed by atoms with E-state index in [0.717, 1.165) is 50.3 Å². The molecule has 4 aliphatic rings. The van der Waals surface area contributed by atoms with Crippen LogP contribution in [0.4, 0.5) is 17.2 Å². The molecule has 2 aromatic rings. The quantitative estimate of drug-likeness (QED) is 0.407. The lowest BCUT2D eigenvalue weighted by atomic mass is 10.0. The Labute approximate surface area is 216 Å². The minimum Gasteiger partial charge on any atom is -0.397 e. The van der Waals surface area contributed by atoms with Gasteiger partial charge in [-0.1, -0.05) is 0 Å². The molecule has 0 spiro atoms. The maximum absolute atomic E-state index is 13.4. The van der Waals surface area contributed by atoms with Gasteiger partial charge in [-0.2, -0.15) is 5.11 Å². The van der Waals surface area contributed by atoms with Gasteiger partial charge in [-0.25, -0.2) is 10.5 Å². The number of benzene rings is 1. The van der Waals surface area contributed by atoms with E-state index in [2.05, 4.69) is 16.5 Å². The average Bonchev–Trinajstić information content (AvgIpc) is 3.57. The van der Waals surface area contributed by atoms with Crippen molar-refractivity contribution in [1.29, 1.82) is 5.53 Å². The molecule has 10 nitrogen and oxygen atoms in total. The van der Waals surface area contributed by atoms with Crippen molar-refractivity contribution in [2.75, 3.05) is 50.4 Å². The molecule has 1 saturated carbocycles. The molecule has 2 amide bonds. The van der Waals surface area contributed by atoms with Crippen LogP contribution >= 0.6 is 0 Å². The second-order valence-corrected chi connectivity index (χ2v) is 10.8. The van der Waals surface area contributed by atoms with E-state index in [0.29, 0.717) is 60.6 Å². The fourth-order valence-corrected chi connectivity index (χ4v) is 5.92. The number of nitrogens with one attached hydrogen (secondary N) is 2. The SMILES string of the molecule is N=Nc1cc(C(=O)N2CC3CN(C(=O)c4cnc(NC5CCOCC5)c(C5CC5)c4)C[C@@H]3C2)ccc1N. The number of carbonyl (C=O) groups excluding carboxylic acids is 2. The summed E-state index contributed by atoms with van der Waals surface area (Å²) in [5.41, 5.74) is 16.0. The van der Waals surface area contributed by atoms with Gasteiger partial charge in [0.1, 0.15) is 11.5 Å². The second kappa shape index (κ2) is 9.74. The van der Waals surface area contributed by atoms with Crippen LogP contribution in [0.15, 0.2) is 35.6 Å². The number of rotatable bonds is 6. The molecule has 1 unspecified atom stereocenters. The molecule has 1 aromatic heterocycles. The predicted molar refractivity (Wildman–Crippen MR) is 138 cm³/mol. The summed E-state index contributed by atoms with van der Waals surface area (Å²) in [6.07, 6.45) is 5.95. The Morgan fingerprint density at radius 1 is 0.973 bits per heavy atom. The van der Waals surface area contributed by atoms with Crippen molar-refractivity contribution in [2.24, 2.45) is 17.0 Å². The van der Waals surface area contributed by atoms with E-state index in [1.54, 1.807) is 24.4 Å². The molecule has 6 rings (SSSR count). The molecule has 1 aliphatic carbocycles. The van der Waals surface area contributed by atoms with Crippen molar-refractivity contribution in [1.82, 2.24) is 14.8 Å². The smallest absolute Gasteiger partial charge is 0.255 e. The van der Waals surface area contributed by atoms with Crippen molar-refractivity contribution in [3.8, 4) is 0 Å². The fourth-order valence-electron chi connectivity index (χ4n) is 5.92. The van der Waals surface area contributed by atoms with Crippen molar-refractivity contribution < 1.29 is 14.3 Å². The summed E-state index contributed by atoms with van der Waals surface area (Å²) in [5, 5.41) is 7.01. The molecule has 4 heterocycles. The van der Waals surface area contributed by atoms with Crippen LogP contribution in [0.5, 0.6) is 0 Å². The van der Waals surface area contributed by atoms with Crippen LogP contribution in [-0.2, 0) is 4.74 Å². The minimum atomic E-state index is -0.0805. The van der Waals surface area contributed by atoms with Gasteiger partial charge in [-0.05, 0) is 61.4 Å². The Hall–Kier alpha value is -3.53. The zero-order chi connectivity index (χ0) is 25.5. The number of hydrogen-bond acceptors (Lipinski definition) is 8. The lowest BCUT2D eigenvalue weighted by Gasteiger charge is -2.25. The third-order valence-corrected chi connectivity index (χ3v) is 8.20. The summed E-state index contributed by atoms with van der Waals surface area (Å²) < 4.78 is 5.47. The minimum absolute atomic E-state index is 0.0273. The zero-order valence-corrected chi connectivity index (χ0v) is 20.9. The first-order chi connectivity index (χ1) is 18.0. The van der Waals surface area contributed by atoms with Crippen molar-refractivity contribution in [2.45, 2.75) is 37.6 Å². The first-order valence-corrected chi connectivity index (χ1v) is 13.2. The molecule has 3 saturated heterocycles. The van der Waals surface area contributed by atoms with Crippen LogP contribution in [0.25, 0.3) is 0 Å². The zero-order valence-electron chi connectivity index (χ0n) is 20.9. The molecule has 194 valence electrons. The van der Waals surface area contributed by atoms with Crippen LogP contribution < -0.4 is 11.1 Å². The molecule has 0 bridgehead atoms. The number of nitrogens with zero attached hydrogens (tertiary/aromatic N) is 4. The molecular formula is C27H33N7O3. The first kappa shape index (κ1) is 23.8. The number of amides is 2. The fraction of sp³-hybridized carbons (Fsp3) is 0.519. The van der Waals surface area contributed by atoms with Crippen LogP contribution in [0, 0.1) is 17.4 Å². The van der Waals surface area contributed by atoms with E-state index in [1.807, 2.05) is 9.80 Å². The van der Waals surface area contributed by atoms with E-state index in [9.17, 15) is 9.59 Å². The highest BCUT2D eigenvalue weighted by Gasteiger charge is 2.43. The Bertz CT molecular complexity index is 1210. The Morgan fingerprint density at radius 3 is 2.24 bits per heavy atom. The highest BCUT2D eigenvalue weighted by molar-refractivity contribution is 5.96. The molecule has 4 N–H and O–H groups in total. The van der Waals surface area contributed by atoms with Gasteiger partial charge in [-0.3, -0.25) is 9.59 Å². The molecule has 1 aromatic carbocycles. The normalized spacial score (nSPS) is 23.7. The van der Waals surface area contributed by atoms with Crippen molar-refractivity contribution in [3.05, 3.63) is 47.2 Å². The largest absolute Gasteiger partial charge is 0.397 e. The van der Waals surface area contributed by atoms with Gasteiger partial charge in [0.25, 0.3) is 11.8 Å². The number of nitrogen functional groups attached to an aromatic ring is 1. The average molecular weight is 504 g/mol. The maximum Gasteiger partial charge on any atom is 0.255 e. The van der Waals surface area contributed by atoms with E-state index in [4.69, 9.17) is 21.0 Å². The summed E-state index contributed by atoms with van der Waals surface area (Å²) in [7, 11) is 0. The van der Waals surface area contributed by atoms with Gasteiger partial charge in [0.15, 0.2) is 0 Å². The third kappa shape index (κ3) is 4.77. The summed E-state index contributed by atoms with van der Waals surface area (Å²) in [6.45, 7) is 4.06. The highest BCUT2D eigenvalue weighted by Crippen LogP contribution is 2.43. The van der Waals surface area contributed by atoms with Gasteiger partial charge in [-0.15, -0.1) is 0 Å². The van der Waals surface area contributed by atoms with E-state index in [-0.39, 0.29) is 23.7 Å². The van der Waals surface area contributed by atoms with Gasteiger partial charge in [0.05, 0.1) is 11.3 Å². The molecule has 0 radical (unpaired) electrons. The maximum atomic E-state index is 13.4. The number of carbonyl (C=O) groups is 2. The van der Waals surface area contributed by atoms with Crippen LogP contribution in [-0.4, -0.2) is 72.0 Å². The third-order valence-electron chi connectivity index (χ3n) is 8.20. The summed E-state index contributed by atoms with van der Waals surface area (Å²) in [6, 6.07) is 7.28. The van der Waals surface area contributed by atoms with Gasteiger partial charge in [0, 0.05) is 69.0 Å². The summed E-state index contributed by atoms with van der Waals surface area (Å²) in [4.78, 5) is 35.0. The molecule has 4 fully saturated rings. The number of nitrogens with two attached hydrogens (primary N) is 1. The first-order valence-electron chi connectivity index (χ1n) is 13.2. The lowest BCUT2D eigenvalue weighted by Crippen LogP contribution is -2.35. The number of pyridine rings is 1. The van der Waals surface area contributed by atoms with Gasteiger partial charge >= 0.3 is 0 Å². The van der Waals surface area contributed by atoms with E-state index in [1.165, 1.54) is 0 Å². The van der Waals surface area contributed by atoms with E-state index < -0.39 is 0 Å². The number of ether oxygens (including phenoxy) is 1. The predicted octanol–water partition coefficient (Wildman–Crippen LogP) is 3.64. The van der Waals surface area contributed by atoms with E-state index >= 15 is 0 Å². The van der Waals surface area contributed by atoms with Crippen molar-refractivity contribution in [3.63, 3.8) is 0 Å². The number of fused-ring (bicyclic) bond motifs is 1. The highest BCUT2D eigenvalue weighted by atomic mass is 16.5. The topological polar surface area (TPSA) is 137 Å². The van der Waals surface area contributed by atoms with Crippen LogP contribution in [0.2, 0.25) is 0 Å². The van der Waals surface area contributed by atoms with Gasteiger partial charge in [0.2, 0.25) is 0 Å². The van der Waals surface area contributed by atoms with Crippen LogP contribution in [0.3, 0.4) is 0 Å². The Kier molecular flexibility index (Phi) is 6.27. The second-order valence-electron chi connectivity index (χ2n) is 10.8. The lowest BCUT2D eigenvalue weighted by molar-refractivity contribution is 0.0738. The molecular weight excluding hydrogens is 470 g/mol. The van der Waals surface area contributed by atoms with Gasteiger partial charge < -0.3 is 25.6 Å². The summed E-state index contributed by atoms with van der Waals surface area (Å²) in [5.74, 6) is 1.86. The molecule has 2 atom stereocenters. The molecule has 37 heavy (non-hydrogen) atoms. The Morgan fingerprint density at radius 2 is 1.62 bits per heavy atom. The number of aromatic nitrogens is 1. The van der Waals surface area contributed by atoms with Crippen LogP contribution in [0.1, 0.15) is 57.9 Å². The number of likely N-dealkylation sites (tertiary alicyclic amines) is 2.